The Bertz CT molecular complexity index is 761. The molecule has 3 rings (SSSR count). The van der Waals surface area contributed by atoms with Gasteiger partial charge in [-0.15, -0.1) is 0 Å². The lowest BCUT2D eigenvalue weighted by atomic mass is 10.2. The van der Waals surface area contributed by atoms with Crippen LogP contribution in [0.5, 0.6) is 11.5 Å². The Hall–Kier alpha value is -2.60. The molecule has 1 N–H and O–H groups in total. The van der Waals surface area contributed by atoms with Gasteiger partial charge < -0.3 is 24.6 Å². The Morgan fingerprint density at radius 1 is 1.07 bits per heavy atom. The maximum absolute atomic E-state index is 12.5. The number of hydrogen-bond acceptors (Lipinski definition) is 4. The molecule has 6 nitrogen and oxygen atoms in total. The van der Waals surface area contributed by atoms with E-state index in [-0.39, 0.29) is 6.03 Å². The summed E-state index contributed by atoms with van der Waals surface area (Å²) in [6.07, 6.45) is -0.439. The van der Waals surface area contributed by atoms with Crippen molar-refractivity contribution in [2.45, 2.75) is 13.2 Å². The van der Waals surface area contributed by atoms with Crippen molar-refractivity contribution < 1.29 is 14.3 Å². The summed E-state index contributed by atoms with van der Waals surface area (Å²) in [4.78, 5) is 16.5. The SMILES string of the molecule is COc1ccccc1N1CCN(C(=O)NC(C)Oc2ccc(Cl)cc2)CC1. The molecule has 2 amide bonds. The van der Waals surface area contributed by atoms with Crippen LogP contribution < -0.4 is 19.7 Å². The summed E-state index contributed by atoms with van der Waals surface area (Å²) in [5.41, 5.74) is 1.06. The number of anilines is 1. The summed E-state index contributed by atoms with van der Waals surface area (Å²) in [5.74, 6) is 1.51. The number of benzene rings is 2. The first kappa shape index (κ1) is 19.2. The van der Waals surface area contributed by atoms with Crippen molar-refractivity contribution in [2.75, 3.05) is 38.2 Å². The third kappa shape index (κ3) is 4.98. The van der Waals surface area contributed by atoms with Gasteiger partial charge in [-0.25, -0.2) is 4.79 Å². The van der Waals surface area contributed by atoms with Crippen LogP contribution in [0.15, 0.2) is 48.5 Å². The van der Waals surface area contributed by atoms with Crippen LogP contribution in [0, 0.1) is 0 Å². The molecule has 0 bridgehead atoms. The second-order valence-corrected chi connectivity index (χ2v) is 6.75. The van der Waals surface area contributed by atoms with E-state index < -0.39 is 6.23 Å². The van der Waals surface area contributed by atoms with Crippen LogP contribution in [0.2, 0.25) is 5.02 Å². The molecular formula is C20H24ClN3O3. The first-order valence-electron chi connectivity index (χ1n) is 8.92. The summed E-state index contributed by atoms with van der Waals surface area (Å²) in [5, 5.41) is 3.52. The largest absolute Gasteiger partial charge is 0.495 e. The number of carbonyl (C=O) groups excluding carboxylic acids is 1. The van der Waals surface area contributed by atoms with Crippen molar-refractivity contribution in [1.82, 2.24) is 10.2 Å². The number of rotatable bonds is 5. The van der Waals surface area contributed by atoms with Gasteiger partial charge in [0.1, 0.15) is 11.5 Å². The molecule has 27 heavy (non-hydrogen) atoms. The van der Waals surface area contributed by atoms with Crippen LogP contribution in [0.25, 0.3) is 0 Å². The minimum atomic E-state index is -0.439. The average Bonchev–Trinajstić information content (AvgIpc) is 2.69. The molecule has 1 fully saturated rings. The van der Waals surface area contributed by atoms with Crippen molar-refractivity contribution in [2.24, 2.45) is 0 Å². The van der Waals surface area contributed by atoms with Crippen LogP contribution in [0.4, 0.5) is 10.5 Å². The summed E-state index contributed by atoms with van der Waals surface area (Å²) < 4.78 is 11.1. The molecule has 2 aromatic rings. The maximum atomic E-state index is 12.5. The van der Waals surface area contributed by atoms with Gasteiger partial charge in [0.25, 0.3) is 0 Å². The molecule has 0 aliphatic carbocycles. The van der Waals surface area contributed by atoms with E-state index in [1.807, 2.05) is 24.3 Å². The molecule has 0 saturated carbocycles. The number of methoxy groups -OCH3 is 1. The van der Waals surface area contributed by atoms with E-state index in [2.05, 4.69) is 10.2 Å². The molecule has 1 saturated heterocycles. The zero-order valence-electron chi connectivity index (χ0n) is 15.5. The standard InChI is InChI=1S/C20H24ClN3O3/c1-15(27-17-9-7-16(21)8-10-17)22-20(25)24-13-11-23(12-14-24)18-5-3-4-6-19(18)26-2/h3-10,15H,11-14H2,1-2H3,(H,22,25). The molecular weight excluding hydrogens is 366 g/mol. The number of nitrogens with one attached hydrogen (secondary N) is 1. The van der Waals surface area contributed by atoms with Crippen molar-refractivity contribution in [3.63, 3.8) is 0 Å². The number of hydrogen-bond donors (Lipinski definition) is 1. The van der Waals surface area contributed by atoms with Gasteiger partial charge in [-0.3, -0.25) is 0 Å². The van der Waals surface area contributed by atoms with Crippen molar-refractivity contribution in [1.29, 1.82) is 0 Å². The highest BCUT2D eigenvalue weighted by atomic mass is 35.5. The molecule has 1 heterocycles. The van der Waals surface area contributed by atoms with Gasteiger partial charge in [-0.05, 0) is 43.3 Å². The van der Waals surface area contributed by atoms with E-state index in [1.165, 1.54) is 0 Å². The quantitative estimate of drug-likeness (QED) is 0.794. The zero-order chi connectivity index (χ0) is 19.2. The fourth-order valence-electron chi connectivity index (χ4n) is 3.05. The van der Waals surface area contributed by atoms with Crippen LogP contribution in [0.1, 0.15) is 6.92 Å². The van der Waals surface area contributed by atoms with Crippen molar-refractivity contribution in [3.8, 4) is 11.5 Å². The summed E-state index contributed by atoms with van der Waals surface area (Å²) in [6.45, 7) is 4.58. The zero-order valence-corrected chi connectivity index (χ0v) is 16.3. The minimum Gasteiger partial charge on any atom is -0.495 e. The van der Waals surface area contributed by atoms with Crippen LogP contribution in [-0.4, -0.2) is 50.4 Å². The van der Waals surface area contributed by atoms with E-state index >= 15 is 0 Å². The van der Waals surface area contributed by atoms with E-state index in [1.54, 1.807) is 43.2 Å². The average molecular weight is 390 g/mol. The fourth-order valence-corrected chi connectivity index (χ4v) is 3.18. The van der Waals surface area contributed by atoms with Crippen LogP contribution >= 0.6 is 11.6 Å². The molecule has 7 heteroatoms. The Morgan fingerprint density at radius 2 is 1.74 bits per heavy atom. The molecule has 1 aliphatic heterocycles. The third-order valence-corrected chi connectivity index (χ3v) is 4.70. The van der Waals surface area contributed by atoms with Gasteiger partial charge in [0.15, 0.2) is 6.23 Å². The molecule has 1 atom stereocenters. The molecule has 144 valence electrons. The van der Waals surface area contributed by atoms with Gasteiger partial charge in [0.05, 0.1) is 12.8 Å². The predicted molar refractivity (Wildman–Crippen MR) is 107 cm³/mol. The van der Waals surface area contributed by atoms with Gasteiger partial charge in [-0.1, -0.05) is 23.7 Å². The fraction of sp³-hybridized carbons (Fsp3) is 0.350. The number of nitrogens with zero attached hydrogens (tertiary/aromatic N) is 2. The number of ether oxygens (including phenoxy) is 2. The summed E-state index contributed by atoms with van der Waals surface area (Å²) in [6, 6.07) is 14.9. The smallest absolute Gasteiger partial charge is 0.320 e. The maximum Gasteiger partial charge on any atom is 0.320 e. The highest BCUT2D eigenvalue weighted by Gasteiger charge is 2.23. The van der Waals surface area contributed by atoms with Gasteiger partial charge in [0.2, 0.25) is 0 Å². The van der Waals surface area contributed by atoms with E-state index in [0.717, 1.165) is 24.5 Å². The lowest BCUT2D eigenvalue weighted by Gasteiger charge is -2.37. The van der Waals surface area contributed by atoms with Gasteiger partial charge in [0, 0.05) is 31.2 Å². The normalized spacial score (nSPS) is 15.2. The van der Waals surface area contributed by atoms with Gasteiger partial charge >= 0.3 is 6.03 Å². The topological polar surface area (TPSA) is 54.0 Å². The second-order valence-electron chi connectivity index (χ2n) is 6.31. The summed E-state index contributed by atoms with van der Waals surface area (Å²) >= 11 is 5.87. The van der Waals surface area contributed by atoms with Crippen LogP contribution in [0.3, 0.4) is 0 Å². The molecule has 1 unspecified atom stereocenters. The van der Waals surface area contributed by atoms with E-state index in [4.69, 9.17) is 21.1 Å². The Kier molecular flexibility index (Phi) is 6.29. The number of carbonyl (C=O) groups is 1. The van der Waals surface area contributed by atoms with Gasteiger partial charge in [-0.2, -0.15) is 0 Å². The monoisotopic (exact) mass is 389 g/mol. The Morgan fingerprint density at radius 3 is 2.41 bits per heavy atom. The first-order chi connectivity index (χ1) is 13.1. The highest BCUT2D eigenvalue weighted by Crippen LogP contribution is 2.28. The molecule has 1 aliphatic rings. The second kappa shape index (κ2) is 8.86. The van der Waals surface area contributed by atoms with E-state index in [0.29, 0.717) is 23.9 Å². The van der Waals surface area contributed by atoms with Crippen molar-refractivity contribution in [3.05, 3.63) is 53.6 Å². The highest BCUT2D eigenvalue weighted by molar-refractivity contribution is 6.30. The lowest BCUT2D eigenvalue weighted by Crippen LogP contribution is -2.54. The third-order valence-electron chi connectivity index (χ3n) is 4.45. The number of urea groups is 1. The number of para-hydroxylation sites is 2. The predicted octanol–water partition coefficient (Wildman–Crippen LogP) is 3.61. The molecule has 0 spiro atoms. The molecule has 0 aromatic heterocycles. The first-order valence-corrected chi connectivity index (χ1v) is 9.30. The van der Waals surface area contributed by atoms with E-state index in [9.17, 15) is 4.79 Å². The molecule has 0 radical (unpaired) electrons. The van der Waals surface area contributed by atoms with Crippen molar-refractivity contribution >= 4 is 23.3 Å². The number of piperazine rings is 1. The van der Waals surface area contributed by atoms with Crippen LogP contribution in [-0.2, 0) is 0 Å². The Labute approximate surface area is 164 Å². The number of amides is 2. The Balaban J connectivity index is 1.50. The molecule has 2 aromatic carbocycles. The number of halogens is 1. The minimum absolute atomic E-state index is 0.129. The summed E-state index contributed by atoms with van der Waals surface area (Å²) in [7, 11) is 1.67. The lowest BCUT2D eigenvalue weighted by molar-refractivity contribution is 0.151.